The minimum atomic E-state index is -4.93. The van der Waals surface area contributed by atoms with Crippen molar-refractivity contribution in [3.63, 3.8) is 0 Å². The lowest BCUT2D eigenvalue weighted by molar-refractivity contribution is 0.134. The zero-order valence-electron chi connectivity index (χ0n) is 18.1. The van der Waals surface area contributed by atoms with Gasteiger partial charge in [0.1, 0.15) is 5.75 Å². The fraction of sp³-hybridized carbons (Fsp3) is 0.500. The molecule has 0 bridgehead atoms. The van der Waals surface area contributed by atoms with Crippen LogP contribution in [0.5, 0.6) is 5.75 Å². The van der Waals surface area contributed by atoms with Gasteiger partial charge in [0.25, 0.3) is 0 Å². The van der Waals surface area contributed by atoms with Gasteiger partial charge in [0, 0.05) is 18.8 Å². The summed E-state index contributed by atoms with van der Waals surface area (Å²) in [5.41, 5.74) is 1.65. The highest BCUT2D eigenvalue weighted by molar-refractivity contribution is 8.66. The molecule has 32 heavy (non-hydrogen) atoms. The second-order valence-corrected chi connectivity index (χ2v) is 13.0. The molecule has 0 aromatic carbocycles. The normalized spacial score (nSPS) is 19.5. The zero-order chi connectivity index (χ0) is 23.5. The van der Waals surface area contributed by atoms with Crippen LogP contribution in [-0.2, 0) is 24.5 Å². The monoisotopic (exact) mass is 486 g/mol. The van der Waals surface area contributed by atoms with E-state index in [0.29, 0.717) is 17.2 Å². The van der Waals surface area contributed by atoms with E-state index in [1.54, 1.807) is 21.8 Å². The maximum atomic E-state index is 15.0. The second-order valence-electron chi connectivity index (χ2n) is 7.95. The van der Waals surface area contributed by atoms with Crippen LogP contribution in [0.4, 0.5) is 10.2 Å². The van der Waals surface area contributed by atoms with Crippen LogP contribution >= 0.6 is 0 Å². The predicted octanol–water partition coefficient (Wildman–Crippen LogP) is 2.68. The third kappa shape index (κ3) is 5.36. The van der Waals surface area contributed by atoms with Gasteiger partial charge in [-0.15, -0.1) is 0 Å². The smallest absolute Gasteiger partial charge is 0.354 e. The second kappa shape index (κ2) is 9.67. The Morgan fingerprint density at radius 3 is 2.44 bits per heavy atom. The molecule has 0 amide bonds. The maximum absolute atomic E-state index is 15.0. The van der Waals surface area contributed by atoms with Crippen LogP contribution in [0, 0.1) is 18.7 Å². The Hall–Kier alpha value is -2.31. The first-order valence-electron chi connectivity index (χ1n) is 10.2. The molecular weight excluding hydrogens is 459 g/mol. The van der Waals surface area contributed by atoms with E-state index < -0.39 is 29.7 Å². The van der Waals surface area contributed by atoms with Crippen molar-refractivity contribution in [2.45, 2.75) is 52.1 Å². The van der Waals surface area contributed by atoms with E-state index in [-0.39, 0.29) is 18.1 Å². The van der Waals surface area contributed by atoms with E-state index in [1.807, 2.05) is 6.92 Å². The summed E-state index contributed by atoms with van der Waals surface area (Å²) in [6, 6.07) is 1.40. The molecule has 9 nitrogen and oxygen atoms in total. The number of pyridine rings is 2. The predicted molar refractivity (Wildman–Crippen MR) is 119 cm³/mol. The number of anilines is 1. The Labute approximate surface area is 187 Å². The van der Waals surface area contributed by atoms with Gasteiger partial charge in [-0.2, -0.15) is 16.8 Å². The highest BCUT2D eigenvalue weighted by Crippen LogP contribution is 2.30. The van der Waals surface area contributed by atoms with Crippen molar-refractivity contribution in [3.05, 3.63) is 47.2 Å². The van der Waals surface area contributed by atoms with Crippen LogP contribution in [-0.4, -0.2) is 40.0 Å². The molecule has 0 spiro atoms. The SMILES string of the molecule is CNS(=O)(=O)S(=O)(=O)Nc1nccc(Cc2cncc(OC3CCC(C)CC3)c2C)c1F. The molecule has 2 aromatic rings. The molecule has 1 aliphatic rings. The first-order valence-corrected chi connectivity index (χ1v) is 13.7. The number of nitrogens with one attached hydrogen (secondary N) is 2. The van der Waals surface area contributed by atoms with Gasteiger partial charge in [0.2, 0.25) is 0 Å². The van der Waals surface area contributed by atoms with Gasteiger partial charge in [-0.25, -0.2) is 14.1 Å². The molecule has 0 unspecified atom stereocenters. The van der Waals surface area contributed by atoms with Gasteiger partial charge in [0.05, 0.1) is 12.3 Å². The summed E-state index contributed by atoms with van der Waals surface area (Å²) in [6.45, 7) is 4.09. The molecule has 1 saturated carbocycles. The van der Waals surface area contributed by atoms with Crippen molar-refractivity contribution in [3.8, 4) is 5.75 Å². The van der Waals surface area contributed by atoms with Crippen molar-refractivity contribution in [2.24, 2.45) is 5.92 Å². The Balaban J connectivity index is 1.82. The van der Waals surface area contributed by atoms with Gasteiger partial charge in [-0.1, -0.05) is 6.92 Å². The minimum Gasteiger partial charge on any atom is -0.489 e. The molecular formula is C20H27FN4O5S2. The molecule has 1 fully saturated rings. The average molecular weight is 487 g/mol. The number of rotatable bonds is 8. The number of hydrogen-bond donors (Lipinski definition) is 2. The van der Waals surface area contributed by atoms with E-state index in [4.69, 9.17) is 4.74 Å². The summed E-state index contributed by atoms with van der Waals surface area (Å²) in [7, 11) is -8.73. The molecule has 2 aromatic heterocycles. The molecule has 0 radical (unpaired) electrons. The van der Waals surface area contributed by atoms with Crippen LogP contribution in [0.25, 0.3) is 0 Å². The van der Waals surface area contributed by atoms with Gasteiger partial charge >= 0.3 is 18.1 Å². The molecule has 3 rings (SSSR count). The number of hydrogen-bond acceptors (Lipinski definition) is 7. The van der Waals surface area contributed by atoms with E-state index in [0.717, 1.165) is 38.3 Å². The summed E-state index contributed by atoms with van der Waals surface area (Å²) in [6.07, 6.45) is 8.83. The van der Waals surface area contributed by atoms with Crippen LogP contribution in [0.1, 0.15) is 49.3 Å². The number of ether oxygens (including phenoxy) is 1. The van der Waals surface area contributed by atoms with Gasteiger partial charge in [-0.05, 0) is 68.3 Å². The molecule has 0 aliphatic heterocycles. The van der Waals surface area contributed by atoms with Crippen molar-refractivity contribution in [1.29, 1.82) is 0 Å². The van der Waals surface area contributed by atoms with Crippen molar-refractivity contribution in [1.82, 2.24) is 14.7 Å². The number of nitrogens with zero attached hydrogens (tertiary/aromatic N) is 2. The Morgan fingerprint density at radius 2 is 1.78 bits per heavy atom. The van der Waals surface area contributed by atoms with E-state index >= 15 is 0 Å². The molecule has 0 saturated heterocycles. The number of halogens is 1. The summed E-state index contributed by atoms with van der Waals surface area (Å²) >= 11 is 0. The van der Waals surface area contributed by atoms with E-state index in [2.05, 4.69) is 16.9 Å². The third-order valence-corrected chi connectivity index (χ3v) is 9.64. The van der Waals surface area contributed by atoms with Crippen molar-refractivity contribution in [2.75, 3.05) is 11.8 Å². The first kappa shape index (κ1) is 24.3. The summed E-state index contributed by atoms with van der Waals surface area (Å²) in [5.74, 6) is -0.327. The topological polar surface area (TPSA) is 127 Å². The van der Waals surface area contributed by atoms with Gasteiger partial charge < -0.3 is 4.74 Å². The fourth-order valence-corrected chi connectivity index (χ4v) is 5.48. The van der Waals surface area contributed by atoms with Crippen LogP contribution in [0.3, 0.4) is 0 Å². The highest BCUT2D eigenvalue weighted by Gasteiger charge is 2.30. The largest absolute Gasteiger partial charge is 0.489 e. The molecule has 2 heterocycles. The van der Waals surface area contributed by atoms with Gasteiger partial charge in [0.15, 0.2) is 11.6 Å². The van der Waals surface area contributed by atoms with Gasteiger partial charge in [-0.3, -0.25) is 9.71 Å². The average Bonchev–Trinajstić information content (AvgIpc) is 2.75. The number of aromatic nitrogens is 2. The van der Waals surface area contributed by atoms with E-state index in [9.17, 15) is 21.2 Å². The maximum Gasteiger partial charge on any atom is 0.354 e. The van der Waals surface area contributed by atoms with Crippen LogP contribution < -0.4 is 14.2 Å². The quantitative estimate of drug-likeness (QED) is 0.549. The zero-order valence-corrected chi connectivity index (χ0v) is 19.8. The fourth-order valence-electron chi connectivity index (χ4n) is 3.55. The van der Waals surface area contributed by atoms with Crippen molar-refractivity contribution >= 4 is 23.9 Å². The molecule has 1 aliphatic carbocycles. The lowest BCUT2D eigenvalue weighted by Crippen LogP contribution is -2.33. The van der Waals surface area contributed by atoms with Crippen LogP contribution in [0.15, 0.2) is 24.7 Å². The Kier molecular flexibility index (Phi) is 7.36. The standard InChI is InChI=1S/C20H27FN4O5S2/c1-13-4-6-17(7-5-13)30-18-12-23-11-16(14(18)2)10-15-8-9-24-20(19(15)21)25-32(28,29)31(26,27)22-3/h8-9,11-13,17,22H,4-7,10H2,1-3H3,(H,24,25). The summed E-state index contributed by atoms with van der Waals surface area (Å²) in [5, 5.41) is 0. The summed E-state index contributed by atoms with van der Waals surface area (Å²) < 4.78 is 71.7. The Morgan fingerprint density at radius 1 is 1.09 bits per heavy atom. The molecule has 176 valence electrons. The van der Waals surface area contributed by atoms with Crippen LogP contribution in [0.2, 0.25) is 0 Å². The first-order chi connectivity index (χ1) is 15.0. The molecule has 0 atom stereocenters. The molecule has 12 heteroatoms. The minimum absolute atomic E-state index is 0.0968. The molecule has 2 N–H and O–H groups in total. The van der Waals surface area contributed by atoms with Crippen molar-refractivity contribution < 1.29 is 26.0 Å². The Bertz CT molecular complexity index is 1180. The lowest BCUT2D eigenvalue weighted by Gasteiger charge is -2.27. The van der Waals surface area contributed by atoms with E-state index in [1.165, 1.54) is 12.3 Å². The summed E-state index contributed by atoms with van der Waals surface area (Å²) in [4.78, 5) is 7.85. The lowest BCUT2D eigenvalue weighted by atomic mass is 9.89. The highest BCUT2D eigenvalue weighted by atomic mass is 33.2. The third-order valence-electron chi connectivity index (χ3n) is 5.64.